The number of aromatic nitrogens is 1. The maximum absolute atomic E-state index is 13.4. The maximum atomic E-state index is 13.4. The van der Waals surface area contributed by atoms with E-state index in [1.54, 1.807) is 18.2 Å². The molecular formula is C24H36N4O3S2. The Labute approximate surface area is 201 Å². The lowest BCUT2D eigenvalue weighted by Gasteiger charge is -2.41. The molecule has 1 unspecified atom stereocenters. The quantitative estimate of drug-likeness (QED) is 0.636. The molecule has 1 amide bonds. The van der Waals surface area contributed by atoms with Crippen LogP contribution in [0.5, 0.6) is 0 Å². The van der Waals surface area contributed by atoms with Crippen LogP contribution in [0.3, 0.4) is 0 Å². The number of piperidine rings is 2. The molecule has 1 N–H and O–H groups in total. The number of hydrogen-bond acceptors (Lipinski definition) is 6. The first kappa shape index (κ1) is 24.6. The van der Waals surface area contributed by atoms with Gasteiger partial charge in [0.15, 0.2) is 0 Å². The molecule has 7 nitrogen and oxygen atoms in total. The van der Waals surface area contributed by atoms with E-state index in [1.165, 1.54) is 30.6 Å². The van der Waals surface area contributed by atoms with Gasteiger partial charge in [0.25, 0.3) is 0 Å². The van der Waals surface area contributed by atoms with Crippen molar-refractivity contribution in [3.8, 4) is 0 Å². The molecule has 0 radical (unpaired) electrons. The molecule has 1 aromatic carbocycles. The van der Waals surface area contributed by atoms with Crippen molar-refractivity contribution in [2.75, 3.05) is 26.2 Å². The van der Waals surface area contributed by atoms with E-state index in [0.717, 1.165) is 41.2 Å². The van der Waals surface area contributed by atoms with Gasteiger partial charge in [0.05, 0.1) is 20.1 Å². The monoisotopic (exact) mass is 492 g/mol. The number of thiazole rings is 1. The fourth-order valence-corrected chi connectivity index (χ4v) is 7.24. The van der Waals surface area contributed by atoms with E-state index in [4.69, 9.17) is 0 Å². The number of nitrogens with one attached hydrogen (secondary N) is 1. The summed E-state index contributed by atoms with van der Waals surface area (Å²) >= 11 is 1.47. The molecule has 1 aromatic heterocycles. The van der Waals surface area contributed by atoms with Crippen molar-refractivity contribution in [3.63, 3.8) is 0 Å². The average Bonchev–Trinajstić information content (AvgIpc) is 3.17. The van der Waals surface area contributed by atoms with Crippen LogP contribution < -0.4 is 4.72 Å². The summed E-state index contributed by atoms with van der Waals surface area (Å²) in [5.41, 5.74) is 0.794. The molecule has 0 aliphatic carbocycles. The molecule has 2 saturated heterocycles. The molecule has 4 rings (SSSR count). The van der Waals surface area contributed by atoms with E-state index in [2.05, 4.69) is 14.6 Å². The van der Waals surface area contributed by atoms with Gasteiger partial charge in [-0.15, -0.1) is 11.3 Å². The van der Waals surface area contributed by atoms with Gasteiger partial charge < -0.3 is 9.80 Å². The van der Waals surface area contributed by atoms with Gasteiger partial charge in [-0.1, -0.05) is 20.3 Å². The van der Waals surface area contributed by atoms with E-state index < -0.39 is 16.1 Å². The molecule has 9 heteroatoms. The second-order valence-electron chi connectivity index (χ2n) is 9.82. The molecule has 2 aromatic rings. The number of aryl methyl sites for hydroxylation is 1. The smallest absolute Gasteiger partial charge is 0.241 e. The molecular weight excluding hydrogens is 456 g/mol. The fourth-order valence-electron chi connectivity index (χ4n) is 5.07. The number of benzene rings is 1. The Balaban J connectivity index is 1.45. The van der Waals surface area contributed by atoms with Crippen LogP contribution in [0.1, 0.15) is 57.4 Å². The highest BCUT2D eigenvalue weighted by atomic mass is 32.2. The third kappa shape index (κ3) is 5.93. The van der Waals surface area contributed by atoms with Gasteiger partial charge in [-0.25, -0.2) is 13.4 Å². The normalized spacial score (nSPS) is 19.9. The lowest BCUT2D eigenvalue weighted by atomic mass is 9.98. The summed E-state index contributed by atoms with van der Waals surface area (Å²) in [6.07, 6.45) is 6.27. The van der Waals surface area contributed by atoms with Crippen LogP contribution >= 0.6 is 11.3 Å². The van der Waals surface area contributed by atoms with Crippen molar-refractivity contribution in [3.05, 3.63) is 23.2 Å². The van der Waals surface area contributed by atoms with Gasteiger partial charge in [0.1, 0.15) is 6.04 Å². The summed E-state index contributed by atoms with van der Waals surface area (Å²) in [5, 5.41) is 0.897. The molecule has 1 atom stereocenters. The van der Waals surface area contributed by atoms with Crippen LogP contribution in [0.4, 0.5) is 0 Å². The van der Waals surface area contributed by atoms with Gasteiger partial charge in [0.2, 0.25) is 15.9 Å². The van der Waals surface area contributed by atoms with Crippen LogP contribution in [0, 0.1) is 12.8 Å². The Hall–Kier alpha value is -1.55. The highest BCUT2D eigenvalue weighted by Gasteiger charge is 2.33. The zero-order valence-corrected chi connectivity index (χ0v) is 21.6. The predicted molar refractivity (Wildman–Crippen MR) is 133 cm³/mol. The Morgan fingerprint density at radius 3 is 2.52 bits per heavy atom. The van der Waals surface area contributed by atoms with Crippen molar-refractivity contribution in [1.29, 1.82) is 0 Å². The van der Waals surface area contributed by atoms with Crippen molar-refractivity contribution in [2.24, 2.45) is 5.92 Å². The molecule has 2 aliphatic heterocycles. The van der Waals surface area contributed by atoms with Gasteiger partial charge >= 0.3 is 0 Å². The Morgan fingerprint density at radius 2 is 1.85 bits per heavy atom. The van der Waals surface area contributed by atoms with Gasteiger partial charge in [-0.05, 0) is 76.2 Å². The minimum Gasteiger partial charge on any atom is -0.341 e. The molecule has 182 valence electrons. The number of amides is 1. The standard InChI is InChI=1S/C24H36N4O3S2/c1-17(2)15-22(24(29)28-13-9-19(10-14-28)27-11-5-4-6-12-27)26-33(30,31)20-7-8-21-23(16-20)32-18(3)25-21/h7-8,16-17,19,22,26H,4-6,9-15H2,1-3H3. The van der Waals surface area contributed by atoms with Gasteiger partial charge in [-0.2, -0.15) is 4.72 Å². The summed E-state index contributed by atoms with van der Waals surface area (Å²) in [5.74, 6) is 0.0956. The second kappa shape index (κ2) is 10.4. The van der Waals surface area contributed by atoms with Gasteiger partial charge in [-0.3, -0.25) is 4.79 Å². The van der Waals surface area contributed by atoms with Crippen LogP contribution in [0.15, 0.2) is 23.1 Å². The van der Waals surface area contributed by atoms with E-state index in [0.29, 0.717) is 25.6 Å². The fraction of sp³-hybridized carbons (Fsp3) is 0.667. The number of rotatable bonds is 7. The minimum absolute atomic E-state index is 0.0981. The minimum atomic E-state index is -3.83. The summed E-state index contributed by atoms with van der Waals surface area (Å²) in [6.45, 7) is 9.66. The van der Waals surface area contributed by atoms with E-state index in [9.17, 15) is 13.2 Å². The number of fused-ring (bicyclic) bond motifs is 1. The number of hydrogen-bond donors (Lipinski definition) is 1. The molecule has 0 saturated carbocycles. The van der Waals surface area contributed by atoms with Crippen LogP contribution in [-0.4, -0.2) is 67.4 Å². The van der Waals surface area contributed by atoms with Gasteiger partial charge in [0, 0.05) is 19.1 Å². The molecule has 0 bridgehead atoms. The Bertz CT molecular complexity index is 1070. The van der Waals surface area contributed by atoms with Crippen LogP contribution in [0.25, 0.3) is 10.2 Å². The summed E-state index contributed by atoms with van der Waals surface area (Å²) in [7, 11) is -3.83. The van der Waals surface area contributed by atoms with Crippen molar-refractivity contribution in [2.45, 2.75) is 76.3 Å². The molecule has 33 heavy (non-hydrogen) atoms. The molecule has 2 fully saturated rings. The summed E-state index contributed by atoms with van der Waals surface area (Å²) in [6, 6.07) is 4.76. The summed E-state index contributed by atoms with van der Waals surface area (Å²) in [4.78, 5) is 22.5. The maximum Gasteiger partial charge on any atom is 0.241 e. The highest BCUT2D eigenvalue weighted by Crippen LogP contribution is 2.26. The second-order valence-corrected chi connectivity index (χ2v) is 12.8. The third-order valence-electron chi connectivity index (χ3n) is 6.76. The number of sulfonamides is 1. The third-order valence-corrected chi connectivity index (χ3v) is 9.17. The number of likely N-dealkylation sites (tertiary alicyclic amines) is 2. The first-order valence-electron chi connectivity index (χ1n) is 12.2. The lowest BCUT2D eigenvalue weighted by Crippen LogP contribution is -2.53. The zero-order valence-electron chi connectivity index (χ0n) is 19.9. The van der Waals surface area contributed by atoms with Crippen LogP contribution in [0.2, 0.25) is 0 Å². The molecule has 2 aliphatic rings. The number of carbonyl (C=O) groups is 1. The largest absolute Gasteiger partial charge is 0.341 e. The number of carbonyl (C=O) groups excluding carboxylic acids is 1. The lowest BCUT2D eigenvalue weighted by molar-refractivity contribution is -0.135. The molecule has 3 heterocycles. The first-order valence-corrected chi connectivity index (χ1v) is 14.5. The predicted octanol–water partition coefficient (Wildman–Crippen LogP) is 3.77. The SMILES string of the molecule is Cc1nc2ccc(S(=O)(=O)NC(CC(C)C)C(=O)N3CCC(N4CCCCC4)CC3)cc2s1. The van der Waals surface area contributed by atoms with E-state index in [-0.39, 0.29) is 16.7 Å². The summed E-state index contributed by atoms with van der Waals surface area (Å²) < 4.78 is 30.0. The Morgan fingerprint density at radius 1 is 1.15 bits per heavy atom. The number of nitrogens with zero attached hydrogens (tertiary/aromatic N) is 3. The topological polar surface area (TPSA) is 82.6 Å². The first-order chi connectivity index (χ1) is 15.7. The van der Waals surface area contributed by atoms with Crippen molar-refractivity contribution >= 4 is 37.5 Å². The van der Waals surface area contributed by atoms with Crippen molar-refractivity contribution in [1.82, 2.24) is 19.5 Å². The van der Waals surface area contributed by atoms with Crippen molar-refractivity contribution < 1.29 is 13.2 Å². The Kier molecular flexibility index (Phi) is 7.73. The average molecular weight is 493 g/mol. The van der Waals surface area contributed by atoms with E-state index >= 15 is 0 Å². The van der Waals surface area contributed by atoms with Crippen LogP contribution in [-0.2, 0) is 14.8 Å². The molecule has 0 spiro atoms. The zero-order chi connectivity index (χ0) is 23.6. The highest BCUT2D eigenvalue weighted by molar-refractivity contribution is 7.89. The van der Waals surface area contributed by atoms with E-state index in [1.807, 2.05) is 25.7 Å².